The number of hydrogen-bond donors (Lipinski definition) is 0. The van der Waals surface area contributed by atoms with Gasteiger partial charge in [0.25, 0.3) is 0 Å². The fourth-order valence-corrected chi connectivity index (χ4v) is 1.04. The molecule has 1 aliphatic carbocycles. The van der Waals surface area contributed by atoms with Crippen LogP contribution >= 0.6 is 0 Å². The highest BCUT2D eigenvalue weighted by Gasteiger charge is 1.79. The van der Waals surface area contributed by atoms with Crippen molar-refractivity contribution in [3.05, 3.63) is 48.6 Å². The second-order valence-corrected chi connectivity index (χ2v) is 2.79. The van der Waals surface area contributed by atoms with E-state index in [9.17, 15) is 0 Å². The van der Waals surface area contributed by atoms with Gasteiger partial charge in [-0.25, -0.2) is 0 Å². The summed E-state index contributed by atoms with van der Waals surface area (Å²) in [6, 6.07) is 0. The van der Waals surface area contributed by atoms with E-state index in [0.29, 0.717) is 0 Å². The topological polar surface area (TPSA) is 0 Å². The Balaban J connectivity index is 2.42. The largest absolute Gasteiger partial charge is 0.0845 e. The fourth-order valence-electron chi connectivity index (χ4n) is 1.04. The zero-order valence-electron chi connectivity index (χ0n) is 7.37. The van der Waals surface area contributed by atoms with Gasteiger partial charge in [0, 0.05) is 0 Å². The van der Waals surface area contributed by atoms with Crippen LogP contribution in [0.1, 0.15) is 25.7 Å². The second-order valence-electron chi connectivity index (χ2n) is 2.79. The van der Waals surface area contributed by atoms with Crippen molar-refractivity contribution >= 4 is 0 Å². The molecule has 0 aromatic rings. The van der Waals surface area contributed by atoms with Crippen LogP contribution in [-0.4, -0.2) is 0 Å². The third-order valence-electron chi connectivity index (χ3n) is 1.71. The minimum atomic E-state index is 0.911. The van der Waals surface area contributed by atoms with E-state index in [-0.39, 0.29) is 0 Å². The Labute approximate surface area is 75.0 Å². The molecule has 1 radical (unpaired) electrons. The summed E-state index contributed by atoms with van der Waals surface area (Å²) in [5.74, 6) is 0. The van der Waals surface area contributed by atoms with Gasteiger partial charge in [-0.05, 0) is 31.8 Å². The van der Waals surface area contributed by atoms with E-state index in [4.69, 9.17) is 0 Å². The Hall–Kier alpha value is -1.04. The molecular formula is C12H15. The Morgan fingerprint density at radius 1 is 0.833 bits per heavy atom. The molecule has 0 heteroatoms. The Kier molecular flexibility index (Phi) is 5.02. The highest BCUT2D eigenvalue weighted by molar-refractivity contribution is 5.06. The molecule has 0 unspecified atom stereocenters. The van der Waals surface area contributed by atoms with Gasteiger partial charge in [-0.15, -0.1) is 0 Å². The molecule has 0 aromatic carbocycles. The first kappa shape index (κ1) is 9.05. The average molecular weight is 159 g/mol. The molecule has 0 spiro atoms. The number of hydrogen-bond acceptors (Lipinski definition) is 0. The summed E-state index contributed by atoms with van der Waals surface area (Å²) in [6.07, 6.45) is 22.5. The van der Waals surface area contributed by atoms with Crippen molar-refractivity contribution in [2.75, 3.05) is 0 Å². The van der Waals surface area contributed by atoms with Gasteiger partial charge in [0.05, 0.1) is 0 Å². The van der Waals surface area contributed by atoms with Crippen LogP contribution < -0.4 is 0 Å². The maximum atomic E-state index is 3.17. The van der Waals surface area contributed by atoms with Gasteiger partial charge < -0.3 is 0 Å². The standard InChI is InChI=1S/C12H15/c1-2-4-6-8-10-12-11-9-7-5-3-1/h1-4,10-12H,5-7,9H2/b3-1-,4-2+,10-8?,12-11-. The average Bonchev–Trinajstić information content (AvgIpc) is 2.05. The number of rotatable bonds is 0. The van der Waals surface area contributed by atoms with Crippen LogP contribution in [0.25, 0.3) is 0 Å². The first-order valence-corrected chi connectivity index (χ1v) is 4.53. The smallest absolute Gasteiger partial charge is 0.00915 e. The zero-order valence-corrected chi connectivity index (χ0v) is 7.37. The lowest BCUT2D eigenvalue weighted by molar-refractivity contribution is 0.868. The molecular weight excluding hydrogens is 144 g/mol. The highest BCUT2D eigenvalue weighted by Crippen LogP contribution is 1.99. The summed E-state index contributed by atoms with van der Waals surface area (Å²) < 4.78 is 0. The van der Waals surface area contributed by atoms with E-state index in [1.807, 2.05) is 6.08 Å². The summed E-state index contributed by atoms with van der Waals surface area (Å²) in [5.41, 5.74) is 0. The fraction of sp³-hybridized carbons (Fsp3) is 0.333. The van der Waals surface area contributed by atoms with Crippen molar-refractivity contribution in [2.24, 2.45) is 0 Å². The van der Waals surface area contributed by atoms with Gasteiger partial charge in [0.1, 0.15) is 0 Å². The first-order valence-electron chi connectivity index (χ1n) is 4.53. The van der Waals surface area contributed by atoms with Gasteiger partial charge >= 0.3 is 0 Å². The Morgan fingerprint density at radius 2 is 1.58 bits per heavy atom. The first-order chi connectivity index (χ1) is 6.00. The molecule has 0 aromatic heterocycles. The van der Waals surface area contributed by atoms with E-state index in [0.717, 1.165) is 6.42 Å². The van der Waals surface area contributed by atoms with Gasteiger partial charge in [0.15, 0.2) is 0 Å². The third-order valence-corrected chi connectivity index (χ3v) is 1.71. The zero-order chi connectivity index (χ0) is 8.49. The summed E-state index contributed by atoms with van der Waals surface area (Å²) in [7, 11) is 0. The van der Waals surface area contributed by atoms with Crippen LogP contribution in [0.3, 0.4) is 0 Å². The molecule has 1 aliphatic rings. The van der Waals surface area contributed by atoms with Gasteiger partial charge in [-0.2, -0.15) is 0 Å². The molecule has 0 nitrogen and oxygen atoms in total. The highest BCUT2D eigenvalue weighted by atomic mass is 13.9. The lowest BCUT2D eigenvalue weighted by atomic mass is 10.2. The lowest BCUT2D eigenvalue weighted by Crippen LogP contribution is -1.69. The maximum Gasteiger partial charge on any atom is -0.00915 e. The molecule has 63 valence electrons. The van der Waals surface area contributed by atoms with E-state index in [2.05, 4.69) is 42.5 Å². The molecule has 0 heterocycles. The molecule has 1 rings (SSSR count). The van der Waals surface area contributed by atoms with Gasteiger partial charge in [-0.1, -0.05) is 42.5 Å². The molecule has 0 atom stereocenters. The van der Waals surface area contributed by atoms with Crippen LogP contribution in [0.5, 0.6) is 0 Å². The van der Waals surface area contributed by atoms with E-state index < -0.39 is 0 Å². The van der Waals surface area contributed by atoms with E-state index >= 15 is 0 Å². The minimum Gasteiger partial charge on any atom is -0.0845 e. The predicted molar refractivity (Wildman–Crippen MR) is 53.7 cm³/mol. The molecule has 0 bridgehead atoms. The molecule has 0 saturated carbocycles. The summed E-state index contributed by atoms with van der Waals surface area (Å²) >= 11 is 0. The summed E-state index contributed by atoms with van der Waals surface area (Å²) in [6.45, 7) is 0. The van der Waals surface area contributed by atoms with Crippen LogP contribution in [0.2, 0.25) is 0 Å². The van der Waals surface area contributed by atoms with E-state index in [1.165, 1.54) is 19.3 Å². The van der Waals surface area contributed by atoms with Crippen molar-refractivity contribution in [1.82, 2.24) is 0 Å². The molecule has 12 heavy (non-hydrogen) atoms. The van der Waals surface area contributed by atoms with Gasteiger partial charge in [0.2, 0.25) is 0 Å². The summed E-state index contributed by atoms with van der Waals surface area (Å²) in [5, 5.41) is 0. The third kappa shape index (κ3) is 4.73. The predicted octanol–water partition coefficient (Wildman–Crippen LogP) is 3.59. The van der Waals surface area contributed by atoms with Crippen molar-refractivity contribution < 1.29 is 0 Å². The van der Waals surface area contributed by atoms with Gasteiger partial charge in [-0.3, -0.25) is 0 Å². The maximum absolute atomic E-state index is 3.17. The Bertz CT molecular complexity index is 182. The van der Waals surface area contributed by atoms with Crippen LogP contribution in [0.15, 0.2) is 42.5 Å². The summed E-state index contributed by atoms with van der Waals surface area (Å²) in [4.78, 5) is 0. The van der Waals surface area contributed by atoms with Crippen LogP contribution in [0.4, 0.5) is 0 Å². The van der Waals surface area contributed by atoms with Crippen LogP contribution in [0, 0.1) is 6.08 Å². The van der Waals surface area contributed by atoms with E-state index in [1.54, 1.807) is 0 Å². The molecule has 0 saturated heterocycles. The molecule has 0 N–H and O–H groups in total. The SMILES string of the molecule is [C]1=C/C=C\CCC/C=C\C=C\C/1. The minimum absolute atomic E-state index is 0.911. The van der Waals surface area contributed by atoms with Crippen LogP contribution in [-0.2, 0) is 0 Å². The monoisotopic (exact) mass is 159 g/mol. The van der Waals surface area contributed by atoms with Crippen molar-refractivity contribution in [2.45, 2.75) is 25.7 Å². The van der Waals surface area contributed by atoms with Crippen molar-refractivity contribution in [3.63, 3.8) is 0 Å². The second kappa shape index (κ2) is 6.66. The lowest BCUT2D eigenvalue weighted by Gasteiger charge is -1.89. The quantitative estimate of drug-likeness (QED) is 0.506. The Morgan fingerprint density at radius 3 is 2.50 bits per heavy atom. The van der Waals surface area contributed by atoms with Crippen molar-refractivity contribution in [3.8, 4) is 0 Å². The molecule has 0 amide bonds. The van der Waals surface area contributed by atoms with Crippen molar-refractivity contribution in [1.29, 1.82) is 0 Å². The number of allylic oxidation sites excluding steroid dienone is 8. The normalized spacial score (nSPS) is 29.3. The molecule has 0 aliphatic heterocycles. The molecule has 0 fully saturated rings.